The van der Waals surface area contributed by atoms with Crippen molar-refractivity contribution in [2.45, 2.75) is 66.5 Å². The molecule has 21 heavy (non-hydrogen) atoms. The van der Waals surface area contributed by atoms with E-state index in [0.29, 0.717) is 23.9 Å². The van der Waals surface area contributed by atoms with Gasteiger partial charge in [-0.3, -0.25) is 0 Å². The summed E-state index contributed by atoms with van der Waals surface area (Å²) in [6, 6.07) is 0.996. The van der Waals surface area contributed by atoms with Gasteiger partial charge in [0.25, 0.3) is 0 Å². The van der Waals surface area contributed by atoms with E-state index in [1.807, 2.05) is 4.90 Å². The summed E-state index contributed by atoms with van der Waals surface area (Å²) in [5.74, 6) is 1.28. The number of carbonyl (C=O) groups excluding carboxylic acids is 1. The van der Waals surface area contributed by atoms with E-state index in [9.17, 15) is 4.79 Å². The van der Waals surface area contributed by atoms with Crippen molar-refractivity contribution in [3.63, 3.8) is 0 Å². The second-order valence-corrected chi connectivity index (χ2v) is 7.13. The molecule has 0 aromatic carbocycles. The lowest BCUT2D eigenvalue weighted by Crippen LogP contribution is -2.61. The monoisotopic (exact) mass is 297 g/mol. The van der Waals surface area contributed by atoms with Gasteiger partial charge in [0, 0.05) is 38.3 Å². The normalized spacial score (nSPS) is 23.0. The highest BCUT2D eigenvalue weighted by molar-refractivity contribution is 5.75. The molecule has 1 saturated heterocycles. The largest absolute Gasteiger partial charge is 0.325 e. The highest BCUT2D eigenvalue weighted by Crippen LogP contribution is 2.20. The molecule has 1 rings (SSSR count). The van der Waals surface area contributed by atoms with Crippen LogP contribution in [0.2, 0.25) is 0 Å². The van der Waals surface area contributed by atoms with E-state index in [-0.39, 0.29) is 6.03 Å². The number of hydrogen-bond acceptors (Lipinski definition) is 2. The van der Waals surface area contributed by atoms with Crippen LogP contribution in [0.1, 0.15) is 54.4 Å². The Hall–Kier alpha value is -0.770. The molecule has 2 unspecified atom stereocenters. The molecule has 0 saturated carbocycles. The molecule has 0 aromatic heterocycles. The molecule has 0 radical (unpaired) electrons. The zero-order valence-electron chi connectivity index (χ0n) is 14.9. The summed E-state index contributed by atoms with van der Waals surface area (Å²) < 4.78 is 0. The number of nitrogens with one attached hydrogen (secondary N) is 1. The van der Waals surface area contributed by atoms with Crippen LogP contribution < -0.4 is 5.32 Å². The molecule has 1 aliphatic heterocycles. The molecule has 1 N–H and O–H groups in total. The van der Waals surface area contributed by atoms with Crippen molar-refractivity contribution in [2.24, 2.45) is 11.8 Å². The maximum absolute atomic E-state index is 12.8. The average Bonchev–Trinajstić information content (AvgIpc) is 2.40. The number of carbonyl (C=O) groups is 1. The van der Waals surface area contributed by atoms with Gasteiger partial charge in [-0.2, -0.15) is 0 Å². The van der Waals surface area contributed by atoms with Gasteiger partial charge in [-0.05, 0) is 38.5 Å². The van der Waals surface area contributed by atoms with Gasteiger partial charge in [-0.1, -0.05) is 27.7 Å². The second kappa shape index (κ2) is 8.62. The zero-order chi connectivity index (χ0) is 16.0. The fourth-order valence-electron chi connectivity index (χ4n) is 3.26. The third-order valence-electron chi connectivity index (χ3n) is 4.28. The fourth-order valence-corrected chi connectivity index (χ4v) is 3.26. The first-order valence-electron chi connectivity index (χ1n) is 8.67. The summed E-state index contributed by atoms with van der Waals surface area (Å²) in [6.07, 6.45) is 2.21. The molecular weight excluding hydrogens is 262 g/mol. The van der Waals surface area contributed by atoms with Gasteiger partial charge < -0.3 is 15.1 Å². The van der Waals surface area contributed by atoms with Crippen LogP contribution in [0.3, 0.4) is 0 Å². The van der Waals surface area contributed by atoms with Crippen LogP contribution in [0, 0.1) is 11.8 Å². The van der Waals surface area contributed by atoms with Crippen LogP contribution in [-0.2, 0) is 0 Å². The quantitative estimate of drug-likeness (QED) is 0.817. The van der Waals surface area contributed by atoms with E-state index >= 15 is 0 Å². The minimum absolute atomic E-state index is 0.223. The van der Waals surface area contributed by atoms with Gasteiger partial charge >= 0.3 is 6.03 Å². The Labute approximate surface area is 131 Å². The maximum Gasteiger partial charge on any atom is 0.320 e. The van der Waals surface area contributed by atoms with Crippen LogP contribution >= 0.6 is 0 Å². The Morgan fingerprint density at radius 1 is 1.14 bits per heavy atom. The first-order valence-corrected chi connectivity index (χ1v) is 8.67. The summed E-state index contributed by atoms with van der Waals surface area (Å²) in [6.45, 7) is 16.5. The van der Waals surface area contributed by atoms with Crippen molar-refractivity contribution >= 4 is 6.03 Å². The first-order chi connectivity index (χ1) is 9.88. The van der Waals surface area contributed by atoms with Gasteiger partial charge in [0.05, 0.1) is 0 Å². The summed E-state index contributed by atoms with van der Waals surface area (Å²) in [5, 5.41) is 3.65. The van der Waals surface area contributed by atoms with E-state index in [1.165, 1.54) is 0 Å². The minimum Gasteiger partial charge on any atom is -0.325 e. The Balaban J connectivity index is 2.79. The molecule has 124 valence electrons. The van der Waals surface area contributed by atoms with E-state index in [2.05, 4.69) is 51.8 Å². The fraction of sp³-hybridized carbons (Fsp3) is 0.941. The molecular formula is C17H35N3O. The van der Waals surface area contributed by atoms with Crippen LogP contribution in [0.25, 0.3) is 0 Å². The number of rotatable bonds is 6. The summed E-state index contributed by atoms with van der Waals surface area (Å²) in [4.78, 5) is 16.9. The van der Waals surface area contributed by atoms with Crippen LogP contribution in [0.4, 0.5) is 4.79 Å². The molecule has 1 fully saturated rings. The SMILES string of the molecule is CCN(CC)C(=O)N1CC(CC(C)C)NCC1CC(C)C. The molecule has 4 nitrogen and oxygen atoms in total. The van der Waals surface area contributed by atoms with Gasteiger partial charge in [0.1, 0.15) is 0 Å². The highest BCUT2D eigenvalue weighted by Gasteiger charge is 2.33. The van der Waals surface area contributed by atoms with Crippen molar-refractivity contribution in [3.05, 3.63) is 0 Å². The molecule has 0 spiro atoms. The van der Waals surface area contributed by atoms with Gasteiger partial charge in [-0.15, -0.1) is 0 Å². The van der Waals surface area contributed by atoms with Gasteiger partial charge in [0.15, 0.2) is 0 Å². The van der Waals surface area contributed by atoms with E-state index < -0.39 is 0 Å². The number of amides is 2. The molecule has 1 heterocycles. The number of nitrogens with zero attached hydrogens (tertiary/aromatic N) is 2. The highest BCUT2D eigenvalue weighted by atomic mass is 16.2. The lowest BCUT2D eigenvalue weighted by Gasteiger charge is -2.43. The van der Waals surface area contributed by atoms with Crippen molar-refractivity contribution in [1.29, 1.82) is 0 Å². The Morgan fingerprint density at radius 3 is 2.19 bits per heavy atom. The lowest BCUT2D eigenvalue weighted by atomic mass is 9.96. The van der Waals surface area contributed by atoms with Crippen LogP contribution in [-0.4, -0.2) is 54.1 Å². The maximum atomic E-state index is 12.8. The van der Waals surface area contributed by atoms with E-state index in [1.54, 1.807) is 0 Å². The predicted octanol–water partition coefficient (Wildman–Crippen LogP) is 3.18. The minimum atomic E-state index is 0.223. The van der Waals surface area contributed by atoms with Crippen molar-refractivity contribution < 1.29 is 4.79 Å². The summed E-state index contributed by atoms with van der Waals surface area (Å²) >= 11 is 0. The van der Waals surface area contributed by atoms with Gasteiger partial charge in [-0.25, -0.2) is 4.79 Å². The molecule has 2 atom stereocenters. The van der Waals surface area contributed by atoms with Crippen molar-refractivity contribution in [3.8, 4) is 0 Å². The molecule has 0 aliphatic carbocycles. The van der Waals surface area contributed by atoms with Crippen LogP contribution in [0.5, 0.6) is 0 Å². The third kappa shape index (κ3) is 5.50. The van der Waals surface area contributed by atoms with Crippen molar-refractivity contribution in [1.82, 2.24) is 15.1 Å². The molecule has 2 amide bonds. The van der Waals surface area contributed by atoms with Crippen LogP contribution in [0.15, 0.2) is 0 Å². The predicted molar refractivity (Wildman–Crippen MR) is 89.5 cm³/mol. The summed E-state index contributed by atoms with van der Waals surface area (Å²) in [5.41, 5.74) is 0. The lowest BCUT2D eigenvalue weighted by molar-refractivity contribution is 0.0974. The number of urea groups is 1. The topological polar surface area (TPSA) is 35.6 Å². The zero-order valence-corrected chi connectivity index (χ0v) is 14.9. The van der Waals surface area contributed by atoms with E-state index in [0.717, 1.165) is 39.0 Å². The molecule has 1 aliphatic rings. The first kappa shape index (κ1) is 18.3. The van der Waals surface area contributed by atoms with E-state index in [4.69, 9.17) is 0 Å². The molecule has 4 heteroatoms. The summed E-state index contributed by atoms with van der Waals surface area (Å²) in [7, 11) is 0. The Morgan fingerprint density at radius 2 is 1.71 bits per heavy atom. The number of piperazine rings is 1. The smallest absolute Gasteiger partial charge is 0.320 e. The average molecular weight is 297 g/mol. The Kier molecular flexibility index (Phi) is 7.50. The Bertz CT molecular complexity index is 313. The number of hydrogen-bond donors (Lipinski definition) is 1. The molecule has 0 aromatic rings. The molecule has 0 bridgehead atoms. The van der Waals surface area contributed by atoms with Gasteiger partial charge in [0.2, 0.25) is 0 Å². The second-order valence-electron chi connectivity index (χ2n) is 7.13. The third-order valence-corrected chi connectivity index (χ3v) is 4.28. The standard InChI is InChI=1S/C17H35N3O/c1-7-19(8-2)17(21)20-12-15(9-13(3)4)18-11-16(20)10-14(5)6/h13-16,18H,7-12H2,1-6H3. The van der Waals surface area contributed by atoms with Crippen molar-refractivity contribution in [2.75, 3.05) is 26.2 Å².